The summed E-state index contributed by atoms with van der Waals surface area (Å²) in [6, 6.07) is 5.73. The number of fused-ring (bicyclic) bond motifs is 1. The molecule has 86 valence electrons. The molecule has 1 aliphatic rings. The number of aromatic nitrogens is 1. The second-order valence-electron chi connectivity index (χ2n) is 3.45. The maximum atomic E-state index is 11.1. The molecule has 0 saturated carbocycles. The number of carbonyl (C=O) groups is 1. The van der Waals surface area contributed by atoms with Gasteiger partial charge in [0.25, 0.3) is 5.91 Å². The van der Waals surface area contributed by atoms with Gasteiger partial charge in [-0.25, -0.2) is 9.98 Å². The lowest BCUT2D eigenvalue weighted by Gasteiger charge is -1.96. The molecule has 0 unspecified atom stereocenters. The van der Waals surface area contributed by atoms with Gasteiger partial charge in [0, 0.05) is 0 Å². The zero-order chi connectivity index (χ0) is 11.8. The number of thiazole rings is 1. The summed E-state index contributed by atoms with van der Waals surface area (Å²) >= 11 is 2.98. The van der Waals surface area contributed by atoms with Gasteiger partial charge in [-0.15, -0.1) is 11.3 Å². The quantitative estimate of drug-likeness (QED) is 0.835. The van der Waals surface area contributed by atoms with E-state index in [4.69, 9.17) is 4.74 Å². The Morgan fingerprint density at radius 1 is 1.41 bits per heavy atom. The average Bonchev–Trinajstić information content (AvgIpc) is 2.93. The van der Waals surface area contributed by atoms with E-state index in [0.29, 0.717) is 5.75 Å². The first-order chi connectivity index (χ1) is 8.26. The minimum absolute atomic E-state index is 0.0816. The molecule has 1 aromatic carbocycles. The van der Waals surface area contributed by atoms with Gasteiger partial charge in [-0.3, -0.25) is 4.79 Å². The van der Waals surface area contributed by atoms with Gasteiger partial charge in [0.15, 0.2) is 0 Å². The van der Waals surface area contributed by atoms with E-state index in [0.717, 1.165) is 26.0 Å². The van der Waals surface area contributed by atoms with Crippen molar-refractivity contribution < 1.29 is 9.53 Å². The summed E-state index contributed by atoms with van der Waals surface area (Å²) in [5.41, 5.74) is 0.911. The van der Waals surface area contributed by atoms with Gasteiger partial charge < -0.3 is 4.74 Å². The SMILES string of the molecule is COc1ccc2nc(C3=NC(=O)CS3)sc2c1. The Morgan fingerprint density at radius 2 is 2.29 bits per heavy atom. The van der Waals surface area contributed by atoms with Crippen LogP contribution in [0.1, 0.15) is 5.01 Å². The molecule has 2 aromatic rings. The van der Waals surface area contributed by atoms with Crippen LogP contribution in [-0.2, 0) is 4.79 Å². The number of ether oxygens (including phenoxy) is 1. The Hall–Kier alpha value is -1.40. The molecule has 0 fully saturated rings. The number of hydrogen-bond donors (Lipinski definition) is 0. The lowest BCUT2D eigenvalue weighted by atomic mass is 10.3. The molecule has 3 rings (SSSR count). The topological polar surface area (TPSA) is 51.6 Å². The number of benzene rings is 1. The van der Waals surface area contributed by atoms with Crippen molar-refractivity contribution in [3.8, 4) is 5.75 Å². The van der Waals surface area contributed by atoms with Crippen molar-refractivity contribution in [2.24, 2.45) is 4.99 Å². The summed E-state index contributed by atoms with van der Waals surface area (Å²) in [4.78, 5) is 19.5. The van der Waals surface area contributed by atoms with Crippen molar-refractivity contribution in [3.63, 3.8) is 0 Å². The Morgan fingerprint density at radius 3 is 3.00 bits per heavy atom. The van der Waals surface area contributed by atoms with Crippen molar-refractivity contribution in [2.75, 3.05) is 12.9 Å². The largest absolute Gasteiger partial charge is 0.497 e. The molecule has 4 nitrogen and oxygen atoms in total. The van der Waals surface area contributed by atoms with E-state index in [1.807, 2.05) is 18.2 Å². The summed E-state index contributed by atoms with van der Waals surface area (Å²) in [6.07, 6.45) is 0. The van der Waals surface area contributed by atoms with Crippen LogP contribution < -0.4 is 4.74 Å². The van der Waals surface area contributed by atoms with Crippen LogP contribution in [0.5, 0.6) is 5.75 Å². The van der Waals surface area contributed by atoms with Crippen molar-refractivity contribution in [2.45, 2.75) is 0 Å². The van der Waals surface area contributed by atoms with Crippen LogP contribution >= 0.6 is 23.1 Å². The Labute approximate surface area is 106 Å². The van der Waals surface area contributed by atoms with Gasteiger partial charge in [-0.05, 0) is 18.2 Å². The number of nitrogens with zero attached hydrogens (tertiary/aromatic N) is 2. The fraction of sp³-hybridized carbons (Fsp3) is 0.182. The molecule has 0 saturated heterocycles. The molecule has 1 aliphatic heterocycles. The van der Waals surface area contributed by atoms with Crippen LogP contribution in [0.15, 0.2) is 23.2 Å². The van der Waals surface area contributed by atoms with Gasteiger partial charge in [-0.1, -0.05) is 11.8 Å². The molecule has 0 spiro atoms. The van der Waals surface area contributed by atoms with Crippen LogP contribution in [0.3, 0.4) is 0 Å². The van der Waals surface area contributed by atoms with Crippen LogP contribution in [0.2, 0.25) is 0 Å². The predicted octanol–water partition coefficient (Wildman–Crippen LogP) is 2.32. The first-order valence-corrected chi connectivity index (χ1v) is 6.76. The zero-order valence-corrected chi connectivity index (χ0v) is 10.6. The van der Waals surface area contributed by atoms with E-state index >= 15 is 0 Å². The number of hydrogen-bond acceptors (Lipinski definition) is 5. The van der Waals surface area contributed by atoms with E-state index in [1.165, 1.54) is 23.1 Å². The summed E-state index contributed by atoms with van der Waals surface area (Å²) in [6.45, 7) is 0. The summed E-state index contributed by atoms with van der Waals surface area (Å²) in [5, 5.41) is 1.54. The van der Waals surface area contributed by atoms with E-state index in [2.05, 4.69) is 9.98 Å². The minimum Gasteiger partial charge on any atom is -0.497 e. The highest BCUT2D eigenvalue weighted by Gasteiger charge is 2.19. The lowest BCUT2D eigenvalue weighted by Crippen LogP contribution is -1.89. The Kier molecular flexibility index (Phi) is 2.60. The van der Waals surface area contributed by atoms with Crippen molar-refractivity contribution in [1.29, 1.82) is 0 Å². The van der Waals surface area contributed by atoms with Crippen molar-refractivity contribution in [3.05, 3.63) is 23.2 Å². The predicted molar refractivity (Wildman–Crippen MR) is 70.2 cm³/mol. The third kappa shape index (κ3) is 1.94. The Balaban J connectivity index is 2.07. The maximum Gasteiger partial charge on any atom is 0.257 e. The van der Waals surface area contributed by atoms with E-state index in [1.54, 1.807) is 7.11 Å². The minimum atomic E-state index is -0.0816. The first-order valence-electron chi connectivity index (χ1n) is 4.95. The number of thioether (sulfide) groups is 1. The summed E-state index contributed by atoms with van der Waals surface area (Å²) < 4.78 is 6.21. The zero-order valence-electron chi connectivity index (χ0n) is 8.97. The van der Waals surface area contributed by atoms with Crippen LogP contribution in [0, 0.1) is 0 Å². The maximum absolute atomic E-state index is 11.1. The number of amides is 1. The number of aliphatic imine (C=N–C) groups is 1. The molecule has 0 bridgehead atoms. The normalized spacial score (nSPS) is 15.4. The molecule has 1 aromatic heterocycles. The number of rotatable bonds is 2. The van der Waals surface area contributed by atoms with Gasteiger partial charge in [-0.2, -0.15) is 0 Å². The second kappa shape index (κ2) is 4.12. The number of methoxy groups -OCH3 is 1. The first kappa shape index (κ1) is 10.7. The van der Waals surface area contributed by atoms with Gasteiger partial charge >= 0.3 is 0 Å². The molecular formula is C11H8N2O2S2. The molecule has 1 amide bonds. The average molecular weight is 264 g/mol. The van der Waals surface area contributed by atoms with E-state index < -0.39 is 0 Å². The fourth-order valence-corrected chi connectivity index (χ4v) is 3.38. The molecule has 0 atom stereocenters. The van der Waals surface area contributed by atoms with E-state index in [9.17, 15) is 4.79 Å². The van der Waals surface area contributed by atoms with Gasteiger partial charge in [0.05, 0.1) is 23.1 Å². The van der Waals surface area contributed by atoms with Crippen molar-refractivity contribution >= 4 is 44.3 Å². The third-order valence-corrected chi connectivity index (χ3v) is 4.44. The molecule has 2 heterocycles. The molecule has 0 N–H and O–H groups in total. The van der Waals surface area contributed by atoms with E-state index in [-0.39, 0.29) is 5.91 Å². The fourth-order valence-electron chi connectivity index (χ4n) is 1.54. The van der Waals surface area contributed by atoms with Crippen LogP contribution in [0.25, 0.3) is 10.2 Å². The standard InChI is InChI=1S/C11H8N2O2S2/c1-15-6-2-3-7-8(4-6)17-11(12-7)10-13-9(14)5-16-10/h2-4H,5H2,1H3. The highest BCUT2D eigenvalue weighted by Crippen LogP contribution is 2.30. The highest BCUT2D eigenvalue weighted by molar-refractivity contribution is 8.15. The van der Waals surface area contributed by atoms with Gasteiger partial charge in [0.2, 0.25) is 0 Å². The van der Waals surface area contributed by atoms with Crippen LogP contribution in [-0.4, -0.2) is 28.8 Å². The molecule has 6 heteroatoms. The highest BCUT2D eigenvalue weighted by atomic mass is 32.2. The van der Waals surface area contributed by atoms with Crippen molar-refractivity contribution in [1.82, 2.24) is 4.98 Å². The molecule has 0 aliphatic carbocycles. The second-order valence-corrected chi connectivity index (χ2v) is 5.45. The smallest absolute Gasteiger partial charge is 0.257 e. The number of carbonyl (C=O) groups excluding carboxylic acids is 1. The summed E-state index contributed by atoms with van der Waals surface area (Å²) in [7, 11) is 1.64. The van der Waals surface area contributed by atoms with Gasteiger partial charge in [0.1, 0.15) is 15.8 Å². The van der Waals surface area contributed by atoms with Crippen LogP contribution in [0.4, 0.5) is 0 Å². The third-order valence-electron chi connectivity index (χ3n) is 2.34. The molecule has 17 heavy (non-hydrogen) atoms. The lowest BCUT2D eigenvalue weighted by molar-refractivity contribution is -0.115. The Bertz CT molecular complexity index is 633. The summed E-state index contributed by atoms with van der Waals surface area (Å²) in [5.74, 6) is 1.15. The monoisotopic (exact) mass is 264 g/mol. The molecule has 0 radical (unpaired) electrons. The molecular weight excluding hydrogens is 256 g/mol.